The average molecular weight is 262 g/mol. The van der Waals surface area contributed by atoms with E-state index < -0.39 is 0 Å². The van der Waals surface area contributed by atoms with E-state index in [0.717, 1.165) is 44.2 Å². The number of piperidine rings is 1. The monoisotopic (exact) mass is 262 g/mol. The number of carbonyl (C=O) groups is 2. The van der Waals surface area contributed by atoms with Crippen LogP contribution in [0.15, 0.2) is 11.8 Å². The van der Waals surface area contributed by atoms with Gasteiger partial charge in [-0.25, -0.2) is 0 Å². The number of hydrogen-bond donors (Lipinski definition) is 1. The van der Waals surface area contributed by atoms with Crippen LogP contribution in [0.2, 0.25) is 0 Å². The van der Waals surface area contributed by atoms with Crippen LogP contribution in [-0.4, -0.2) is 30.3 Å². The van der Waals surface area contributed by atoms with Crippen molar-refractivity contribution >= 4 is 11.8 Å². The molecule has 104 valence electrons. The van der Waals surface area contributed by atoms with Crippen molar-refractivity contribution in [1.82, 2.24) is 10.2 Å². The van der Waals surface area contributed by atoms with Crippen LogP contribution < -0.4 is 5.32 Å². The minimum Gasteiger partial charge on any atom is -0.355 e. The standard InChI is InChI=1S/C15H22N2O2/c1-17-12-4-2-3-8-15(12,9-7-13(17)18)10-16-14(19)11-5-6-11/h4,11H,2-3,5-10H2,1H3,(H,16,19). The number of carbonyl (C=O) groups excluding carboxylic acids is 2. The molecule has 2 aliphatic carbocycles. The molecule has 0 bridgehead atoms. The summed E-state index contributed by atoms with van der Waals surface area (Å²) in [5.41, 5.74) is 1.15. The summed E-state index contributed by atoms with van der Waals surface area (Å²) < 4.78 is 0. The molecule has 3 rings (SSSR count). The lowest BCUT2D eigenvalue weighted by molar-refractivity contribution is -0.132. The second-order valence-corrected chi connectivity index (χ2v) is 6.21. The molecular weight excluding hydrogens is 240 g/mol. The van der Waals surface area contributed by atoms with E-state index in [1.54, 1.807) is 0 Å². The summed E-state index contributed by atoms with van der Waals surface area (Å²) in [6, 6.07) is 0. The first-order valence-electron chi connectivity index (χ1n) is 7.37. The number of rotatable bonds is 3. The van der Waals surface area contributed by atoms with Crippen molar-refractivity contribution in [2.45, 2.75) is 44.9 Å². The Hall–Kier alpha value is -1.32. The molecule has 0 radical (unpaired) electrons. The highest BCUT2D eigenvalue weighted by atomic mass is 16.2. The molecule has 0 aromatic carbocycles. The molecule has 2 fully saturated rings. The zero-order valence-electron chi connectivity index (χ0n) is 11.6. The molecule has 1 unspecified atom stereocenters. The summed E-state index contributed by atoms with van der Waals surface area (Å²) in [5, 5.41) is 3.12. The van der Waals surface area contributed by atoms with Gasteiger partial charge in [0.15, 0.2) is 0 Å². The largest absolute Gasteiger partial charge is 0.355 e. The predicted octanol–water partition coefficient (Wildman–Crippen LogP) is 1.82. The number of amides is 2. The summed E-state index contributed by atoms with van der Waals surface area (Å²) in [5.74, 6) is 0.673. The van der Waals surface area contributed by atoms with Gasteiger partial charge in [0.25, 0.3) is 0 Å². The van der Waals surface area contributed by atoms with Crippen molar-refractivity contribution < 1.29 is 9.59 Å². The summed E-state index contributed by atoms with van der Waals surface area (Å²) >= 11 is 0. The molecule has 1 N–H and O–H groups in total. The highest BCUT2D eigenvalue weighted by molar-refractivity contribution is 5.81. The van der Waals surface area contributed by atoms with Crippen molar-refractivity contribution in [3.05, 3.63) is 11.8 Å². The van der Waals surface area contributed by atoms with E-state index in [2.05, 4.69) is 11.4 Å². The van der Waals surface area contributed by atoms with Crippen molar-refractivity contribution in [1.29, 1.82) is 0 Å². The third kappa shape index (κ3) is 2.28. The van der Waals surface area contributed by atoms with Gasteiger partial charge in [-0.3, -0.25) is 9.59 Å². The van der Waals surface area contributed by atoms with E-state index >= 15 is 0 Å². The average Bonchev–Trinajstić information content (AvgIpc) is 3.25. The van der Waals surface area contributed by atoms with Gasteiger partial charge in [0.1, 0.15) is 0 Å². The van der Waals surface area contributed by atoms with Gasteiger partial charge in [0, 0.05) is 37.0 Å². The van der Waals surface area contributed by atoms with E-state index in [-0.39, 0.29) is 23.1 Å². The van der Waals surface area contributed by atoms with Gasteiger partial charge >= 0.3 is 0 Å². The second kappa shape index (κ2) is 4.66. The Morgan fingerprint density at radius 2 is 2.26 bits per heavy atom. The van der Waals surface area contributed by atoms with Gasteiger partial charge in [-0.15, -0.1) is 0 Å². The van der Waals surface area contributed by atoms with Crippen LogP contribution in [0, 0.1) is 11.3 Å². The molecule has 1 saturated carbocycles. The Morgan fingerprint density at radius 3 is 3.00 bits per heavy atom. The molecule has 1 aliphatic heterocycles. The van der Waals surface area contributed by atoms with Crippen LogP contribution in [-0.2, 0) is 9.59 Å². The number of fused-ring (bicyclic) bond motifs is 1. The van der Waals surface area contributed by atoms with E-state index in [4.69, 9.17) is 0 Å². The third-order valence-corrected chi connectivity index (χ3v) is 4.84. The fraction of sp³-hybridized carbons (Fsp3) is 0.733. The van der Waals surface area contributed by atoms with Crippen LogP contribution in [0.1, 0.15) is 44.9 Å². The minimum atomic E-state index is 0.00542. The van der Waals surface area contributed by atoms with Gasteiger partial charge in [-0.05, 0) is 38.5 Å². The lowest BCUT2D eigenvalue weighted by atomic mass is 9.70. The van der Waals surface area contributed by atoms with Gasteiger partial charge in [0.05, 0.1) is 0 Å². The second-order valence-electron chi connectivity index (χ2n) is 6.21. The lowest BCUT2D eigenvalue weighted by Gasteiger charge is -2.46. The Labute approximate surface area is 114 Å². The maximum absolute atomic E-state index is 11.9. The first kappa shape index (κ1) is 12.7. The highest BCUT2D eigenvalue weighted by Crippen LogP contribution is 2.45. The number of nitrogens with zero attached hydrogens (tertiary/aromatic N) is 1. The summed E-state index contributed by atoms with van der Waals surface area (Å²) in [6.07, 6.45) is 9.06. The Kier molecular flexibility index (Phi) is 3.11. The minimum absolute atomic E-state index is 0.00542. The number of likely N-dealkylation sites (tertiary alicyclic amines) is 1. The van der Waals surface area contributed by atoms with Crippen molar-refractivity contribution in [2.24, 2.45) is 11.3 Å². The van der Waals surface area contributed by atoms with Crippen LogP contribution in [0.5, 0.6) is 0 Å². The summed E-state index contributed by atoms with van der Waals surface area (Å²) in [7, 11) is 1.87. The molecule has 19 heavy (non-hydrogen) atoms. The number of nitrogens with one attached hydrogen (secondary N) is 1. The Morgan fingerprint density at radius 1 is 1.47 bits per heavy atom. The molecule has 2 amide bonds. The van der Waals surface area contributed by atoms with Crippen molar-refractivity contribution in [2.75, 3.05) is 13.6 Å². The lowest BCUT2D eigenvalue weighted by Crippen LogP contribution is -2.49. The molecule has 1 heterocycles. The zero-order valence-corrected chi connectivity index (χ0v) is 11.6. The number of hydrogen-bond acceptors (Lipinski definition) is 2. The summed E-state index contributed by atoms with van der Waals surface area (Å²) in [4.78, 5) is 25.5. The smallest absolute Gasteiger partial charge is 0.226 e. The fourth-order valence-corrected chi connectivity index (χ4v) is 3.43. The summed E-state index contributed by atoms with van der Waals surface area (Å²) in [6.45, 7) is 0.700. The van der Waals surface area contributed by atoms with E-state index in [0.29, 0.717) is 13.0 Å². The molecule has 1 atom stereocenters. The fourth-order valence-electron chi connectivity index (χ4n) is 3.43. The number of allylic oxidation sites excluding steroid dienone is 1. The topological polar surface area (TPSA) is 49.4 Å². The third-order valence-electron chi connectivity index (χ3n) is 4.84. The van der Waals surface area contributed by atoms with E-state index in [9.17, 15) is 9.59 Å². The molecule has 4 nitrogen and oxygen atoms in total. The van der Waals surface area contributed by atoms with E-state index in [1.807, 2.05) is 11.9 Å². The van der Waals surface area contributed by atoms with Crippen LogP contribution in [0.25, 0.3) is 0 Å². The normalized spacial score (nSPS) is 30.7. The maximum Gasteiger partial charge on any atom is 0.226 e. The molecule has 3 aliphatic rings. The Balaban J connectivity index is 1.74. The van der Waals surface area contributed by atoms with Gasteiger partial charge in [0.2, 0.25) is 11.8 Å². The molecule has 0 aromatic rings. The van der Waals surface area contributed by atoms with Crippen LogP contribution in [0.4, 0.5) is 0 Å². The maximum atomic E-state index is 11.9. The zero-order chi connectivity index (χ0) is 13.5. The first-order chi connectivity index (χ1) is 9.12. The molecule has 0 aromatic heterocycles. The van der Waals surface area contributed by atoms with Crippen LogP contribution >= 0.6 is 0 Å². The van der Waals surface area contributed by atoms with Crippen molar-refractivity contribution in [3.63, 3.8) is 0 Å². The quantitative estimate of drug-likeness (QED) is 0.843. The predicted molar refractivity (Wildman–Crippen MR) is 72.1 cm³/mol. The SMILES string of the molecule is CN1C(=O)CCC2(CNC(=O)C3CC3)CCCC=C12. The molecule has 1 saturated heterocycles. The first-order valence-corrected chi connectivity index (χ1v) is 7.37. The van der Waals surface area contributed by atoms with Gasteiger partial charge < -0.3 is 10.2 Å². The van der Waals surface area contributed by atoms with Crippen molar-refractivity contribution in [3.8, 4) is 0 Å². The van der Waals surface area contributed by atoms with E-state index in [1.165, 1.54) is 0 Å². The Bertz CT molecular complexity index is 439. The van der Waals surface area contributed by atoms with Gasteiger partial charge in [-0.1, -0.05) is 6.08 Å². The molecule has 4 heteroatoms. The molecule has 0 spiro atoms. The highest BCUT2D eigenvalue weighted by Gasteiger charge is 2.43. The molecular formula is C15H22N2O2. The van der Waals surface area contributed by atoms with Gasteiger partial charge in [-0.2, -0.15) is 0 Å². The van der Waals surface area contributed by atoms with Crippen LogP contribution in [0.3, 0.4) is 0 Å².